The predicted octanol–water partition coefficient (Wildman–Crippen LogP) is 2.47. The number of rotatable bonds is 6. The van der Waals surface area contributed by atoms with Crippen molar-refractivity contribution in [3.63, 3.8) is 0 Å². The van der Waals surface area contributed by atoms with E-state index in [1.165, 1.54) is 0 Å². The summed E-state index contributed by atoms with van der Waals surface area (Å²) < 4.78 is 0. The zero-order valence-electron chi connectivity index (χ0n) is 8.85. The Hall–Kier alpha value is -2.20. The van der Waals surface area contributed by atoms with Gasteiger partial charge >= 0.3 is 0 Å². The maximum absolute atomic E-state index is 6.46. The fourth-order valence-corrected chi connectivity index (χ4v) is 1.29. The van der Waals surface area contributed by atoms with E-state index in [4.69, 9.17) is 13.1 Å². The van der Waals surface area contributed by atoms with E-state index in [1.54, 1.807) is 0 Å². The van der Waals surface area contributed by atoms with Gasteiger partial charge in [0.25, 0.3) is 0 Å². The third kappa shape index (κ3) is 4.34. The lowest BCUT2D eigenvalue weighted by molar-refractivity contribution is 0.246. The summed E-state index contributed by atoms with van der Waals surface area (Å²) in [7, 11) is 0. The van der Waals surface area contributed by atoms with Crippen LogP contribution in [0.25, 0.3) is 10.0 Å². The smallest absolute Gasteiger partial charge is 0.178 e. The van der Waals surface area contributed by atoms with Gasteiger partial charge in [-0.2, -0.15) is 22.8 Å². The topological polar surface area (TPSA) is 27.2 Å². The van der Waals surface area contributed by atoms with Crippen LogP contribution in [0.1, 0.15) is 11.1 Å². The molecular weight excluding hydrogens is 204 g/mol. The van der Waals surface area contributed by atoms with Crippen molar-refractivity contribution in [2.75, 3.05) is 13.2 Å². The highest BCUT2D eigenvalue weighted by Crippen LogP contribution is 2.06. The molecular formula is C12H12N2O2. The van der Waals surface area contributed by atoms with Crippen LogP contribution >= 0.6 is 0 Å². The summed E-state index contributed by atoms with van der Waals surface area (Å²) in [5.41, 5.74) is 2.27. The minimum absolute atomic E-state index is 0.420. The average molecular weight is 216 g/mol. The Bertz CT molecular complexity index is 348. The standard InChI is InChI=1S/C12H12N2O2/c1-13-15-9-7-11-3-5-12(6-4-11)8-10-16-14-2/h3-6H,7-10H2. The molecule has 0 amide bonds. The molecule has 16 heavy (non-hydrogen) atoms. The van der Waals surface area contributed by atoms with Crippen molar-refractivity contribution >= 4 is 0 Å². The van der Waals surface area contributed by atoms with Crippen molar-refractivity contribution in [3.8, 4) is 0 Å². The van der Waals surface area contributed by atoms with Gasteiger partial charge in [0.1, 0.15) is 0 Å². The van der Waals surface area contributed by atoms with Crippen molar-refractivity contribution in [1.82, 2.24) is 0 Å². The molecule has 0 saturated heterocycles. The molecule has 0 aliphatic heterocycles. The summed E-state index contributed by atoms with van der Waals surface area (Å²) in [4.78, 5) is 9.17. The molecule has 0 aliphatic carbocycles. The highest BCUT2D eigenvalue weighted by Gasteiger charge is 1.98. The van der Waals surface area contributed by atoms with Crippen molar-refractivity contribution in [2.45, 2.75) is 12.8 Å². The maximum atomic E-state index is 6.46. The van der Waals surface area contributed by atoms with Gasteiger partial charge in [-0.15, -0.1) is 0 Å². The molecule has 4 nitrogen and oxygen atoms in total. The van der Waals surface area contributed by atoms with Crippen LogP contribution in [0.2, 0.25) is 0 Å². The van der Waals surface area contributed by atoms with Gasteiger partial charge in [-0.05, 0) is 21.1 Å². The molecule has 82 valence electrons. The van der Waals surface area contributed by atoms with Crippen LogP contribution in [-0.2, 0) is 22.5 Å². The van der Waals surface area contributed by atoms with Crippen LogP contribution in [0.5, 0.6) is 0 Å². The minimum Gasteiger partial charge on any atom is -0.199 e. The Morgan fingerprint density at radius 3 is 1.50 bits per heavy atom. The van der Waals surface area contributed by atoms with Crippen LogP contribution in [0.3, 0.4) is 0 Å². The highest BCUT2D eigenvalue weighted by atomic mass is 16.6. The highest BCUT2D eigenvalue weighted by molar-refractivity contribution is 5.22. The quantitative estimate of drug-likeness (QED) is 0.415. The molecule has 0 atom stereocenters. The molecule has 1 aromatic rings. The van der Waals surface area contributed by atoms with Crippen LogP contribution in [-0.4, -0.2) is 13.2 Å². The average Bonchev–Trinajstić information content (AvgIpc) is 2.32. The fourth-order valence-electron chi connectivity index (χ4n) is 1.29. The first-order valence-electron chi connectivity index (χ1n) is 4.92. The van der Waals surface area contributed by atoms with Crippen LogP contribution < -0.4 is 0 Å². The van der Waals surface area contributed by atoms with Gasteiger partial charge in [0.05, 0.1) is 0 Å². The van der Waals surface area contributed by atoms with Crippen LogP contribution in [0.4, 0.5) is 0 Å². The van der Waals surface area contributed by atoms with E-state index < -0.39 is 0 Å². The molecule has 1 aromatic carbocycles. The Balaban J connectivity index is 2.36. The fraction of sp³-hybridized carbons (Fsp3) is 0.333. The Kier molecular flexibility index (Phi) is 5.30. The van der Waals surface area contributed by atoms with Gasteiger partial charge < -0.3 is 0 Å². The molecule has 0 unspecified atom stereocenters. The molecule has 0 aliphatic rings. The molecule has 0 fully saturated rings. The first kappa shape index (κ1) is 11.9. The molecule has 0 N–H and O–H groups in total. The van der Waals surface area contributed by atoms with Crippen LogP contribution in [0, 0.1) is 13.1 Å². The summed E-state index contributed by atoms with van der Waals surface area (Å²) in [6, 6.07) is 8.00. The molecule has 0 bridgehead atoms. The lowest BCUT2D eigenvalue weighted by Crippen LogP contribution is -1.95. The van der Waals surface area contributed by atoms with Gasteiger partial charge in [0.2, 0.25) is 0 Å². The van der Waals surface area contributed by atoms with E-state index >= 15 is 0 Å². The largest absolute Gasteiger partial charge is 0.199 e. The van der Waals surface area contributed by atoms with Crippen molar-refractivity contribution < 1.29 is 9.68 Å². The predicted molar refractivity (Wildman–Crippen MR) is 59.0 cm³/mol. The monoisotopic (exact) mass is 216 g/mol. The van der Waals surface area contributed by atoms with Gasteiger partial charge in [-0.3, -0.25) is 0 Å². The number of nitrogens with zero attached hydrogens (tertiary/aromatic N) is 2. The van der Waals surface area contributed by atoms with Gasteiger partial charge in [0, 0.05) is 12.8 Å². The Morgan fingerprint density at radius 2 is 1.19 bits per heavy atom. The van der Waals surface area contributed by atoms with Gasteiger partial charge in [-0.1, -0.05) is 24.3 Å². The van der Waals surface area contributed by atoms with Crippen LogP contribution in [0.15, 0.2) is 24.3 Å². The van der Waals surface area contributed by atoms with Crippen molar-refractivity contribution in [2.24, 2.45) is 0 Å². The number of hydrogen-bond acceptors (Lipinski definition) is 2. The molecule has 0 aromatic heterocycles. The molecule has 1 rings (SSSR count). The summed E-state index contributed by atoms with van der Waals surface area (Å²) >= 11 is 0. The second kappa shape index (κ2) is 7.14. The molecule has 0 radical (unpaired) electrons. The van der Waals surface area contributed by atoms with E-state index in [1.807, 2.05) is 24.3 Å². The third-order valence-corrected chi connectivity index (χ3v) is 2.12. The molecule has 0 heterocycles. The van der Waals surface area contributed by atoms with Crippen molar-refractivity contribution in [1.29, 1.82) is 0 Å². The first-order chi connectivity index (χ1) is 7.86. The SMILES string of the molecule is [C-]#[N+]OCCc1ccc(CCO[N+]#[C-])cc1. The normalized spacial score (nSPS) is 8.88. The third-order valence-electron chi connectivity index (χ3n) is 2.12. The van der Waals surface area contributed by atoms with E-state index in [2.05, 4.69) is 19.7 Å². The molecule has 0 spiro atoms. The minimum atomic E-state index is 0.420. The van der Waals surface area contributed by atoms with Gasteiger partial charge in [0.15, 0.2) is 13.2 Å². The number of hydrogen-bond donors (Lipinski definition) is 0. The zero-order chi connectivity index (χ0) is 11.6. The Morgan fingerprint density at radius 1 is 0.812 bits per heavy atom. The van der Waals surface area contributed by atoms with Gasteiger partial charge in [-0.25, -0.2) is 0 Å². The second-order valence-corrected chi connectivity index (χ2v) is 3.17. The van der Waals surface area contributed by atoms with E-state index in [-0.39, 0.29) is 0 Å². The summed E-state index contributed by atoms with van der Waals surface area (Å²) in [5.74, 6) is 0. The summed E-state index contributed by atoms with van der Waals surface area (Å²) in [5, 5.41) is 5.65. The lowest BCUT2D eigenvalue weighted by Gasteiger charge is -2.00. The first-order valence-corrected chi connectivity index (χ1v) is 4.92. The Labute approximate surface area is 95.0 Å². The second-order valence-electron chi connectivity index (χ2n) is 3.17. The van der Waals surface area contributed by atoms with E-state index in [0.717, 1.165) is 24.0 Å². The molecule has 4 heteroatoms. The summed E-state index contributed by atoms with van der Waals surface area (Å²) in [6.07, 6.45) is 1.47. The maximum Gasteiger partial charge on any atom is 0.178 e. The number of benzene rings is 1. The summed E-state index contributed by atoms with van der Waals surface area (Å²) in [6.45, 7) is 13.8. The lowest BCUT2D eigenvalue weighted by atomic mass is 10.1. The molecule has 0 saturated carbocycles. The van der Waals surface area contributed by atoms with E-state index in [9.17, 15) is 0 Å². The van der Waals surface area contributed by atoms with Crippen molar-refractivity contribution in [3.05, 3.63) is 58.6 Å². The van der Waals surface area contributed by atoms with E-state index in [0.29, 0.717) is 13.2 Å². The zero-order valence-corrected chi connectivity index (χ0v) is 8.85.